The van der Waals surface area contributed by atoms with Gasteiger partial charge in [0.1, 0.15) is 5.75 Å². The van der Waals surface area contributed by atoms with Crippen LogP contribution in [0.25, 0.3) is 0 Å². The van der Waals surface area contributed by atoms with E-state index >= 15 is 0 Å². The predicted molar refractivity (Wildman–Crippen MR) is 59.6 cm³/mol. The molecule has 1 rings (SSSR count). The first-order valence-electron chi connectivity index (χ1n) is 4.85. The van der Waals surface area contributed by atoms with Crippen molar-refractivity contribution in [2.45, 2.75) is 6.42 Å². The number of ether oxygens (including phenoxy) is 1. The molecule has 0 atom stereocenters. The predicted octanol–water partition coefficient (Wildman–Crippen LogP) is 0.677. The van der Waals surface area contributed by atoms with E-state index in [2.05, 4.69) is 5.32 Å². The summed E-state index contributed by atoms with van der Waals surface area (Å²) in [5.41, 5.74) is 6.12. The van der Waals surface area contributed by atoms with Gasteiger partial charge in [0.05, 0.1) is 18.2 Å². The van der Waals surface area contributed by atoms with Crippen LogP contribution < -0.4 is 15.8 Å². The third-order valence-corrected chi connectivity index (χ3v) is 1.84. The van der Waals surface area contributed by atoms with Gasteiger partial charge in [-0.25, -0.2) is 0 Å². The summed E-state index contributed by atoms with van der Waals surface area (Å²) >= 11 is 0. The molecule has 0 radical (unpaired) electrons. The van der Waals surface area contributed by atoms with Crippen LogP contribution in [0.2, 0.25) is 0 Å². The molecule has 1 aromatic carbocycles. The number of nitrogen functional groups attached to an aromatic ring is 1. The number of para-hydroxylation sites is 2. The molecule has 0 bridgehead atoms. The van der Waals surface area contributed by atoms with Gasteiger partial charge in [-0.1, -0.05) is 12.1 Å². The Morgan fingerprint density at radius 1 is 1.50 bits per heavy atom. The normalized spacial score (nSPS) is 9.19. The van der Waals surface area contributed by atoms with E-state index in [0.29, 0.717) is 24.4 Å². The molecule has 0 aromatic heterocycles. The molecule has 1 amide bonds. The number of nitriles is 1. The Hall–Kier alpha value is -2.22. The van der Waals surface area contributed by atoms with Crippen LogP contribution in [0.3, 0.4) is 0 Å². The van der Waals surface area contributed by atoms with Crippen molar-refractivity contribution in [1.29, 1.82) is 5.26 Å². The second-order valence-corrected chi connectivity index (χ2v) is 3.08. The van der Waals surface area contributed by atoms with E-state index in [1.54, 1.807) is 24.3 Å². The van der Waals surface area contributed by atoms with Crippen molar-refractivity contribution >= 4 is 11.6 Å². The van der Waals surface area contributed by atoms with Crippen LogP contribution in [0.5, 0.6) is 5.75 Å². The van der Waals surface area contributed by atoms with E-state index < -0.39 is 0 Å². The van der Waals surface area contributed by atoms with Crippen molar-refractivity contribution in [2.75, 3.05) is 18.9 Å². The lowest BCUT2D eigenvalue weighted by Crippen LogP contribution is -2.29. The van der Waals surface area contributed by atoms with E-state index in [-0.39, 0.29) is 12.5 Å². The van der Waals surface area contributed by atoms with Gasteiger partial charge in [-0.05, 0) is 12.1 Å². The number of hydrogen-bond donors (Lipinski definition) is 2. The second kappa shape index (κ2) is 6.30. The molecule has 5 nitrogen and oxygen atoms in total. The molecule has 0 spiro atoms. The Labute approximate surface area is 93.8 Å². The lowest BCUT2D eigenvalue weighted by atomic mass is 10.3. The molecule has 84 valence electrons. The minimum absolute atomic E-state index is 0.0976. The Morgan fingerprint density at radius 2 is 2.25 bits per heavy atom. The summed E-state index contributed by atoms with van der Waals surface area (Å²) in [6.45, 7) is 0.239. The zero-order chi connectivity index (χ0) is 11.8. The maximum Gasteiger partial charge on any atom is 0.257 e. The quantitative estimate of drug-likeness (QED) is 0.563. The number of nitrogens with two attached hydrogens (primary N) is 1. The monoisotopic (exact) mass is 219 g/mol. The lowest BCUT2D eigenvalue weighted by Gasteiger charge is -2.08. The summed E-state index contributed by atoms with van der Waals surface area (Å²) in [5.74, 6) is 0.219. The topological polar surface area (TPSA) is 88.1 Å². The van der Waals surface area contributed by atoms with E-state index in [1.165, 1.54) is 0 Å². The highest BCUT2D eigenvalue weighted by atomic mass is 16.5. The van der Waals surface area contributed by atoms with Gasteiger partial charge in [-0.3, -0.25) is 4.79 Å². The van der Waals surface area contributed by atoms with Gasteiger partial charge in [0.15, 0.2) is 6.61 Å². The first-order valence-corrected chi connectivity index (χ1v) is 4.85. The molecular weight excluding hydrogens is 206 g/mol. The third kappa shape index (κ3) is 3.88. The maximum atomic E-state index is 11.2. The average molecular weight is 219 g/mol. The summed E-state index contributed by atoms with van der Waals surface area (Å²) in [6.07, 6.45) is 0.291. The summed E-state index contributed by atoms with van der Waals surface area (Å²) in [6, 6.07) is 8.88. The van der Waals surface area contributed by atoms with Gasteiger partial charge in [-0.2, -0.15) is 5.26 Å². The van der Waals surface area contributed by atoms with E-state index in [0.717, 1.165) is 0 Å². The standard InChI is InChI=1S/C11H13N3O2/c12-6-3-7-14-11(15)8-16-10-5-2-1-4-9(10)13/h1-2,4-5H,3,7-8,13H2,(H,14,15). The van der Waals surface area contributed by atoms with Crippen molar-refractivity contribution < 1.29 is 9.53 Å². The van der Waals surface area contributed by atoms with Crippen LogP contribution in [0.4, 0.5) is 5.69 Å². The van der Waals surface area contributed by atoms with Gasteiger partial charge in [0.2, 0.25) is 0 Å². The van der Waals surface area contributed by atoms with Crippen LogP contribution in [-0.2, 0) is 4.79 Å². The van der Waals surface area contributed by atoms with Crippen molar-refractivity contribution in [2.24, 2.45) is 0 Å². The summed E-state index contributed by atoms with van der Waals surface area (Å²) in [7, 11) is 0. The highest BCUT2D eigenvalue weighted by Gasteiger charge is 2.03. The number of anilines is 1. The molecule has 0 aliphatic carbocycles. The van der Waals surface area contributed by atoms with Crippen molar-refractivity contribution in [3.05, 3.63) is 24.3 Å². The Balaban J connectivity index is 2.32. The summed E-state index contributed by atoms with van der Waals surface area (Å²) in [5, 5.41) is 10.8. The van der Waals surface area contributed by atoms with Crippen LogP contribution in [0, 0.1) is 11.3 Å². The van der Waals surface area contributed by atoms with Crippen LogP contribution >= 0.6 is 0 Å². The molecule has 1 aromatic rings. The zero-order valence-electron chi connectivity index (χ0n) is 8.77. The summed E-state index contributed by atoms with van der Waals surface area (Å²) < 4.78 is 5.21. The number of rotatable bonds is 5. The molecule has 5 heteroatoms. The molecule has 0 saturated carbocycles. The van der Waals surface area contributed by atoms with E-state index in [9.17, 15) is 4.79 Å². The second-order valence-electron chi connectivity index (χ2n) is 3.08. The SMILES string of the molecule is N#CCCNC(=O)COc1ccccc1N. The number of hydrogen-bond acceptors (Lipinski definition) is 4. The average Bonchev–Trinajstić information content (AvgIpc) is 2.28. The van der Waals surface area contributed by atoms with Crippen LogP contribution in [0.15, 0.2) is 24.3 Å². The maximum absolute atomic E-state index is 11.2. The highest BCUT2D eigenvalue weighted by molar-refractivity contribution is 5.77. The third-order valence-electron chi connectivity index (χ3n) is 1.84. The Kier molecular flexibility index (Phi) is 4.67. The summed E-state index contributed by atoms with van der Waals surface area (Å²) in [4.78, 5) is 11.2. The van der Waals surface area contributed by atoms with Gasteiger partial charge >= 0.3 is 0 Å². The number of carbonyl (C=O) groups is 1. The number of carbonyl (C=O) groups excluding carboxylic acids is 1. The zero-order valence-corrected chi connectivity index (χ0v) is 8.77. The fourth-order valence-electron chi connectivity index (χ4n) is 1.06. The fraction of sp³-hybridized carbons (Fsp3) is 0.273. The Bertz CT molecular complexity index is 398. The number of amides is 1. The minimum atomic E-state index is -0.265. The first-order chi connectivity index (χ1) is 7.74. The number of benzene rings is 1. The number of nitrogens with zero attached hydrogens (tertiary/aromatic N) is 1. The minimum Gasteiger partial charge on any atom is -0.482 e. The molecule has 16 heavy (non-hydrogen) atoms. The molecule has 0 saturated heterocycles. The van der Waals surface area contributed by atoms with E-state index in [4.69, 9.17) is 15.7 Å². The van der Waals surface area contributed by atoms with Gasteiger partial charge in [0, 0.05) is 6.54 Å². The smallest absolute Gasteiger partial charge is 0.257 e. The molecule has 0 unspecified atom stereocenters. The van der Waals surface area contributed by atoms with Crippen LogP contribution in [-0.4, -0.2) is 19.1 Å². The fourth-order valence-corrected chi connectivity index (χ4v) is 1.06. The number of nitrogens with one attached hydrogen (secondary N) is 1. The van der Waals surface area contributed by atoms with Crippen molar-refractivity contribution in [1.82, 2.24) is 5.32 Å². The lowest BCUT2D eigenvalue weighted by molar-refractivity contribution is -0.123. The van der Waals surface area contributed by atoms with Gasteiger partial charge in [-0.15, -0.1) is 0 Å². The molecule has 0 heterocycles. The van der Waals surface area contributed by atoms with Crippen molar-refractivity contribution in [3.8, 4) is 11.8 Å². The highest BCUT2D eigenvalue weighted by Crippen LogP contribution is 2.19. The molecule has 0 aliphatic heterocycles. The molecule has 0 aliphatic rings. The van der Waals surface area contributed by atoms with Gasteiger partial charge < -0.3 is 15.8 Å². The largest absolute Gasteiger partial charge is 0.482 e. The molecule has 0 fully saturated rings. The Morgan fingerprint density at radius 3 is 2.94 bits per heavy atom. The first kappa shape index (κ1) is 11.9. The van der Waals surface area contributed by atoms with E-state index in [1.807, 2.05) is 6.07 Å². The van der Waals surface area contributed by atoms with Gasteiger partial charge in [0.25, 0.3) is 5.91 Å². The van der Waals surface area contributed by atoms with Crippen molar-refractivity contribution in [3.63, 3.8) is 0 Å². The molecule has 3 N–H and O–H groups in total. The molecular formula is C11H13N3O2. The van der Waals surface area contributed by atoms with Crippen LogP contribution in [0.1, 0.15) is 6.42 Å².